The molecule has 0 aromatic heterocycles. The lowest BCUT2D eigenvalue weighted by molar-refractivity contribution is 0.474. The van der Waals surface area contributed by atoms with Gasteiger partial charge in [0, 0.05) is 5.56 Å². The highest BCUT2D eigenvalue weighted by Crippen LogP contribution is 2.51. The van der Waals surface area contributed by atoms with Crippen LogP contribution < -0.4 is 14.4 Å². The number of hydrogen-bond donors (Lipinski definition) is 0. The molecular weight excluding hydrogens is 483 g/mol. The van der Waals surface area contributed by atoms with Gasteiger partial charge in [-0.05, 0) is 68.9 Å². The molecule has 0 N–H and O–H groups in total. The van der Waals surface area contributed by atoms with E-state index in [0.29, 0.717) is 0 Å². The molecule has 3 aromatic rings. The molecule has 0 saturated carbocycles. The van der Waals surface area contributed by atoms with Crippen molar-refractivity contribution in [1.82, 2.24) is 0 Å². The Kier molecular flexibility index (Phi) is 8.14. The predicted octanol–water partition coefficient (Wildman–Crippen LogP) is 9.94. The molecule has 0 heterocycles. The van der Waals surface area contributed by atoms with Crippen LogP contribution in [0.25, 0.3) is 0 Å². The zero-order chi connectivity index (χ0) is 28.7. The van der Waals surface area contributed by atoms with Gasteiger partial charge in [0.1, 0.15) is 11.5 Å². The van der Waals surface area contributed by atoms with E-state index in [1.54, 1.807) is 0 Å². The summed E-state index contributed by atoms with van der Waals surface area (Å²) in [5, 5.41) is 1.04. The first-order chi connectivity index (χ1) is 17.2. The summed E-state index contributed by atoms with van der Waals surface area (Å²) in [7, 11) is -2.87. The summed E-state index contributed by atoms with van der Waals surface area (Å²) in [6, 6.07) is 23.3. The summed E-state index contributed by atoms with van der Waals surface area (Å²) in [6.45, 7) is 27.0. The highest BCUT2D eigenvalue weighted by molar-refractivity contribution is 7.72. The molecule has 0 aliphatic heterocycles. The minimum atomic E-state index is -2.87. The van der Waals surface area contributed by atoms with Crippen molar-refractivity contribution in [3.05, 3.63) is 89.0 Å². The molecule has 3 rings (SSSR count). The number of benzene rings is 3. The van der Waals surface area contributed by atoms with E-state index in [-0.39, 0.29) is 21.7 Å². The first-order valence-electron chi connectivity index (χ1n) is 13.7. The van der Waals surface area contributed by atoms with Crippen LogP contribution in [-0.2, 0) is 21.7 Å². The van der Waals surface area contributed by atoms with Crippen LogP contribution in [0.4, 0.5) is 0 Å². The Morgan fingerprint density at radius 2 is 1.00 bits per heavy atom. The molecule has 0 aliphatic rings. The Morgan fingerprint density at radius 1 is 0.526 bits per heavy atom. The minimum absolute atomic E-state index is 0.0319. The van der Waals surface area contributed by atoms with Gasteiger partial charge >= 0.3 is 0 Å². The quantitative estimate of drug-likeness (QED) is 0.304. The molecule has 3 heteroatoms. The molecular formula is C35H49O2P. The van der Waals surface area contributed by atoms with Crippen molar-refractivity contribution in [2.45, 2.75) is 105 Å². The lowest BCUT2D eigenvalue weighted by Gasteiger charge is -2.35. The van der Waals surface area contributed by atoms with E-state index in [1.165, 1.54) is 22.3 Å². The second-order valence-electron chi connectivity index (χ2n) is 14.6. The van der Waals surface area contributed by atoms with Gasteiger partial charge in [0.15, 0.2) is 0 Å². The molecule has 0 saturated heterocycles. The molecule has 0 fully saturated rings. The summed E-state index contributed by atoms with van der Waals surface area (Å²) in [5.41, 5.74) is 4.80. The molecule has 0 spiro atoms. The lowest BCUT2D eigenvalue weighted by atomic mass is 9.80. The number of para-hydroxylation sites is 1. The summed E-state index contributed by atoms with van der Waals surface area (Å²) >= 11 is 0. The van der Waals surface area contributed by atoms with E-state index in [1.807, 2.05) is 30.3 Å². The maximum Gasteiger partial charge on any atom is 0.245 e. The van der Waals surface area contributed by atoms with Crippen molar-refractivity contribution in [1.29, 1.82) is 0 Å². The second kappa shape index (κ2) is 10.3. The van der Waals surface area contributed by atoms with Gasteiger partial charge < -0.3 is 9.05 Å². The molecule has 0 amide bonds. The van der Waals surface area contributed by atoms with Crippen molar-refractivity contribution in [2.24, 2.45) is 0 Å². The van der Waals surface area contributed by atoms with E-state index >= 15 is 0 Å². The van der Waals surface area contributed by atoms with Crippen molar-refractivity contribution in [3.8, 4) is 11.5 Å². The van der Waals surface area contributed by atoms with Crippen molar-refractivity contribution >= 4 is 18.9 Å². The normalized spacial score (nSPS) is 14.6. The molecule has 1 unspecified atom stereocenters. The monoisotopic (exact) mass is 532 g/mol. The van der Waals surface area contributed by atoms with E-state index in [4.69, 9.17) is 15.3 Å². The summed E-state index contributed by atoms with van der Waals surface area (Å²) in [6.07, 6.45) is 4.76. The zero-order valence-corrected chi connectivity index (χ0v) is 26.7. The number of hydrogen-bond acceptors (Lipinski definition) is 2. The van der Waals surface area contributed by atoms with E-state index in [9.17, 15) is 0 Å². The largest absolute Gasteiger partial charge is 0.440 e. The van der Waals surface area contributed by atoms with Crippen LogP contribution in [0.1, 0.15) is 105 Å². The first-order valence-corrected chi connectivity index (χ1v) is 15.5. The predicted molar refractivity (Wildman–Crippen MR) is 169 cm³/mol. The van der Waals surface area contributed by atoms with Crippen LogP contribution in [0.2, 0.25) is 0 Å². The van der Waals surface area contributed by atoms with Crippen LogP contribution in [0.5, 0.6) is 11.5 Å². The topological polar surface area (TPSA) is 18.5 Å². The van der Waals surface area contributed by atoms with Crippen molar-refractivity contribution in [2.75, 3.05) is 0 Å². The van der Waals surface area contributed by atoms with Crippen molar-refractivity contribution < 1.29 is 9.05 Å². The first kappa shape index (κ1) is 30.1. The van der Waals surface area contributed by atoms with Crippen LogP contribution in [0.3, 0.4) is 0 Å². The van der Waals surface area contributed by atoms with Crippen LogP contribution in [-0.4, -0.2) is 6.30 Å². The smallest absolute Gasteiger partial charge is 0.245 e. The molecule has 38 heavy (non-hydrogen) atoms. The Morgan fingerprint density at radius 3 is 1.47 bits per heavy atom. The highest BCUT2D eigenvalue weighted by atomic mass is 31.2. The summed E-state index contributed by atoms with van der Waals surface area (Å²) < 4.78 is 13.9. The van der Waals surface area contributed by atoms with E-state index in [0.717, 1.165) is 16.8 Å². The Bertz CT molecular complexity index is 1310. The standard InChI is InChI=1S/C35H49O2P/c1-32(2,3)25-19-21-30(28(23-25)34(7,8)9)37-38(13,36-27-17-15-14-16-18-27)31-22-20-26(33(4,5)6)24-29(31)35(10,11)12/h14-24H,13H2,1-12H3. The van der Waals surface area contributed by atoms with Gasteiger partial charge in [0.25, 0.3) is 0 Å². The van der Waals surface area contributed by atoms with Gasteiger partial charge in [-0.3, -0.25) is 0 Å². The van der Waals surface area contributed by atoms with Gasteiger partial charge in [0.05, 0.1) is 5.30 Å². The third-order valence-electron chi connectivity index (χ3n) is 6.93. The fraction of sp³-hybridized carbons (Fsp3) is 0.457. The van der Waals surface area contributed by atoms with E-state index < -0.39 is 7.34 Å². The molecule has 3 aromatic carbocycles. The molecule has 0 aliphatic carbocycles. The van der Waals surface area contributed by atoms with Crippen molar-refractivity contribution in [3.63, 3.8) is 0 Å². The number of rotatable bonds is 5. The van der Waals surface area contributed by atoms with Crippen LogP contribution in [0.15, 0.2) is 66.7 Å². The van der Waals surface area contributed by atoms with Gasteiger partial charge in [-0.25, -0.2) is 0 Å². The van der Waals surface area contributed by atoms with Crippen LogP contribution >= 0.6 is 7.34 Å². The van der Waals surface area contributed by atoms with Gasteiger partial charge in [-0.1, -0.05) is 126 Å². The Hall–Kier alpha value is -2.44. The molecule has 1 atom stereocenters. The SMILES string of the molecule is C=P(Oc1ccccc1)(Oc1ccc(C(C)(C)C)cc1C(C)(C)C)c1ccc(C(C)(C)C)cc1C(C)(C)C. The van der Waals surface area contributed by atoms with Gasteiger partial charge in [0.2, 0.25) is 7.34 Å². The summed E-state index contributed by atoms with van der Waals surface area (Å²) in [4.78, 5) is 0. The molecule has 206 valence electrons. The lowest BCUT2D eigenvalue weighted by Crippen LogP contribution is -2.28. The molecule has 2 nitrogen and oxygen atoms in total. The van der Waals surface area contributed by atoms with E-state index in [2.05, 4.69) is 119 Å². The second-order valence-corrected chi connectivity index (χ2v) is 16.8. The fourth-order valence-electron chi connectivity index (χ4n) is 4.49. The molecule has 0 radical (unpaired) electrons. The third kappa shape index (κ3) is 6.95. The third-order valence-corrected chi connectivity index (χ3v) is 9.05. The summed E-state index contributed by atoms with van der Waals surface area (Å²) in [5.74, 6) is 1.60. The average molecular weight is 533 g/mol. The van der Waals surface area contributed by atoms with Gasteiger partial charge in [-0.15, -0.1) is 0 Å². The van der Waals surface area contributed by atoms with Gasteiger partial charge in [-0.2, -0.15) is 0 Å². The maximum atomic E-state index is 7.06. The Labute approximate surface area is 232 Å². The Balaban J connectivity index is 2.29. The van der Waals surface area contributed by atoms with Crippen LogP contribution in [0, 0.1) is 0 Å². The molecule has 0 bridgehead atoms. The fourth-order valence-corrected chi connectivity index (χ4v) is 6.73. The maximum absolute atomic E-state index is 7.06. The average Bonchev–Trinajstić information content (AvgIpc) is 2.77. The minimum Gasteiger partial charge on any atom is -0.440 e. The highest BCUT2D eigenvalue weighted by Gasteiger charge is 2.33. The zero-order valence-electron chi connectivity index (χ0n) is 25.8.